The van der Waals surface area contributed by atoms with E-state index in [0.717, 1.165) is 5.92 Å². The highest BCUT2D eigenvalue weighted by molar-refractivity contribution is 9.09. The van der Waals surface area contributed by atoms with E-state index in [1.54, 1.807) is 5.56 Å². The molecule has 0 nitrogen and oxygen atoms in total. The molecule has 0 heterocycles. The predicted octanol–water partition coefficient (Wildman–Crippen LogP) is 6.22. The van der Waals surface area contributed by atoms with Crippen molar-refractivity contribution in [2.75, 3.05) is 0 Å². The van der Waals surface area contributed by atoms with Gasteiger partial charge in [0.25, 0.3) is 0 Å². The van der Waals surface area contributed by atoms with Gasteiger partial charge < -0.3 is 0 Å². The van der Waals surface area contributed by atoms with Crippen LogP contribution in [0.25, 0.3) is 0 Å². The summed E-state index contributed by atoms with van der Waals surface area (Å²) in [6.45, 7) is 6.84. The molecule has 1 unspecified atom stereocenters. The van der Waals surface area contributed by atoms with E-state index in [1.807, 2.05) is 0 Å². The fraction of sp³-hybridized carbons (Fsp3) is 0.647. The van der Waals surface area contributed by atoms with Crippen molar-refractivity contribution in [2.24, 2.45) is 5.41 Å². The van der Waals surface area contributed by atoms with Crippen molar-refractivity contribution in [3.63, 3.8) is 0 Å². The molecule has 0 aliphatic heterocycles. The van der Waals surface area contributed by atoms with E-state index in [2.05, 4.69) is 61.0 Å². The highest BCUT2D eigenvalue weighted by atomic mass is 79.9. The van der Waals surface area contributed by atoms with Crippen LogP contribution in [0.2, 0.25) is 0 Å². The molecular weight excluding hydrogens is 284 g/mol. The van der Waals surface area contributed by atoms with Gasteiger partial charge in [-0.25, -0.2) is 0 Å². The molecule has 100 valence electrons. The largest absolute Gasteiger partial charge is 0.0833 e. The van der Waals surface area contributed by atoms with Gasteiger partial charge in [-0.15, -0.1) is 0 Å². The average molecular weight is 309 g/mol. The summed E-state index contributed by atoms with van der Waals surface area (Å²) in [7, 11) is 0. The lowest BCUT2D eigenvalue weighted by atomic mass is 9.82. The van der Waals surface area contributed by atoms with Gasteiger partial charge in [0.2, 0.25) is 0 Å². The molecule has 0 amide bonds. The summed E-state index contributed by atoms with van der Waals surface area (Å²) in [5.74, 6) is 0.816. The number of rotatable bonds is 2. The quantitative estimate of drug-likeness (QED) is 0.569. The number of hydrogen-bond donors (Lipinski definition) is 0. The van der Waals surface area contributed by atoms with Crippen molar-refractivity contribution in [3.05, 3.63) is 35.4 Å². The Morgan fingerprint density at radius 1 is 1.00 bits per heavy atom. The lowest BCUT2D eigenvalue weighted by Crippen LogP contribution is -2.13. The number of hydrogen-bond acceptors (Lipinski definition) is 0. The fourth-order valence-corrected chi connectivity index (χ4v) is 3.18. The van der Waals surface area contributed by atoms with Gasteiger partial charge >= 0.3 is 0 Å². The molecule has 1 saturated carbocycles. The van der Waals surface area contributed by atoms with Crippen LogP contribution in [-0.2, 0) is 0 Å². The zero-order valence-electron chi connectivity index (χ0n) is 11.9. The van der Waals surface area contributed by atoms with E-state index < -0.39 is 0 Å². The highest BCUT2D eigenvalue weighted by Crippen LogP contribution is 2.41. The van der Waals surface area contributed by atoms with Crippen LogP contribution in [-0.4, -0.2) is 0 Å². The van der Waals surface area contributed by atoms with Gasteiger partial charge in [0.15, 0.2) is 0 Å². The molecule has 0 bridgehead atoms. The van der Waals surface area contributed by atoms with Gasteiger partial charge in [-0.2, -0.15) is 0 Å². The van der Waals surface area contributed by atoms with Crippen LogP contribution in [0.15, 0.2) is 24.3 Å². The maximum Gasteiger partial charge on any atom is 0.0443 e. The van der Waals surface area contributed by atoms with Crippen molar-refractivity contribution in [1.29, 1.82) is 0 Å². The molecular formula is C17H25Br. The molecule has 0 saturated heterocycles. The van der Waals surface area contributed by atoms with E-state index in [9.17, 15) is 0 Å². The molecule has 0 N–H and O–H groups in total. The van der Waals surface area contributed by atoms with Crippen molar-refractivity contribution >= 4 is 15.9 Å². The summed E-state index contributed by atoms with van der Waals surface area (Å²) >= 11 is 3.83. The smallest absolute Gasteiger partial charge is 0.0443 e. The minimum Gasteiger partial charge on any atom is -0.0833 e. The van der Waals surface area contributed by atoms with Crippen molar-refractivity contribution in [3.8, 4) is 0 Å². The number of benzene rings is 1. The SMILES string of the molecule is CC(C)(C)C(Br)c1ccc(C2CCCCC2)cc1. The maximum absolute atomic E-state index is 3.83. The molecule has 1 aromatic carbocycles. The summed E-state index contributed by atoms with van der Waals surface area (Å²) in [6, 6.07) is 9.33. The third-order valence-electron chi connectivity index (χ3n) is 4.07. The highest BCUT2D eigenvalue weighted by Gasteiger charge is 2.23. The van der Waals surface area contributed by atoms with E-state index in [-0.39, 0.29) is 5.41 Å². The van der Waals surface area contributed by atoms with Gasteiger partial charge in [-0.05, 0) is 35.3 Å². The van der Waals surface area contributed by atoms with E-state index in [1.165, 1.54) is 37.7 Å². The third kappa shape index (κ3) is 3.38. The van der Waals surface area contributed by atoms with Crippen molar-refractivity contribution in [1.82, 2.24) is 0 Å². The minimum atomic E-state index is 0.270. The summed E-state index contributed by atoms with van der Waals surface area (Å²) in [4.78, 5) is 0.436. The lowest BCUT2D eigenvalue weighted by Gasteiger charge is -2.27. The monoisotopic (exact) mass is 308 g/mol. The first kappa shape index (κ1) is 14.1. The Morgan fingerprint density at radius 3 is 2.06 bits per heavy atom. The average Bonchev–Trinajstić information content (AvgIpc) is 2.38. The van der Waals surface area contributed by atoms with E-state index >= 15 is 0 Å². The van der Waals surface area contributed by atoms with Crippen LogP contribution >= 0.6 is 15.9 Å². The Balaban J connectivity index is 2.09. The topological polar surface area (TPSA) is 0 Å². The van der Waals surface area contributed by atoms with Gasteiger partial charge in [0.1, 0.15) is 0 Å². The van der Waals surface area contributed by atoms with Crippen LogP contribution in [0, 0.1) is 5.41 Å². The van der Waals surface area contributed by atoms with Crippen LogP contribution in [0.4, 0.5) is 0 Å². The molecule has 1 fully saturated rings. The first-order chi connectivity index (χ1) is 8.48. The second-order valence-corrected chi connectivity index (χ2v) is 7.65. The molecule has 1 atom stereocenters. The zero-order valence-corrected chi connectivity index (χ0v) is 13.5. The second-order valence-electron chi connectivity index (χ2n) is 6.73. The van der Waals surface area contributed by atoms with Gasteiger partial charge in [-0.1, -0.05) is 80.2 Å². The summed E-state index contributed by atoms with van der Waals surface area (Å²) in [5, 5.41) is 0. The predicted molar refractivity (Wildman–Crippen MR) is 83.4 cm³/mol. The lowest BCUT2D eigenvalue weighted by molar-refractivity contribution is 0.407. The van der Waals surface area contributed by atoms with Crippen molar-refractivity contribution < 1.29 is 0 Å². The molecule has 1 aliphatic rings. The standard InChI is InChI=1S/C17H25Br/c1-17(2,3)16(18)15-11-9-14(10-12-15)13-7-5-4-6-8-13/h9-13,16H,4-8H2,1-3H3. The van der Waals surface area contributed by atoms with Gasteiger partial charge in [0.05, 0.1) is 0 Å². The Kier molecular flexibility index (Phi) is 4.53. The Hall–Kier alpha value is -0.300. The Morgan fingerprint density at radius 2 is 1.56 bits per heavy atom. The van der Waals surface area contributed by atoms with Crippen LogP contribution < -0.4 is 0 Å². The first-order valence-electron chi connectivity index (χ1n) is 7.22. The molecule has 1 aromatic rings. The fourth-order valence-electron chi connectivity index (χ4n) is 2.87. The molecule has 0 aromatic heterocycles. The summed E-state index contributed by atoms with van der Waals surface area (Å²) < 4.78 is 0. The van der Waals surface area contributed by atoms with E-state index in [0.29, 0.717) is 4.83 Å². The third-order valence-corrected chi connectivity index (χ3v) is 5.97. The van der Waals surface area contributed by atoms with Gasteiger partial charge in [0, 0.05) is 4.83 Å². The molecule has 1 aliphatic carbocycles. The summed E-state index contributed by atoms with van der Waals surface area (Å²) in [5.41, 5.74) is 3.22. The molecule has 0 spiro atoms. The van der Waals surface area contributed by atoms with Crippen LogP contribution in [0.3, 0.4) is 0 Å². The normalized spacial score (nSPS) is 19.8. The maximum atomic E-state index is 3.83. The Labute approximate surface area is 120 Å². The number of halogens is 1. The number of alkyl halides is 1. The second kappa shape index (κ2) is 5.77. The molecule has 0 radical (unpaired) electrons. The van der Waals surface area contributed by atoms with E-state index in [4.69, 9.17) is 0 Å². The van der Waals surface area contributed by atoms with Crippen LogP contribution in [0.1, 0.15) is 74.7 Å². The van der Waals surface area contributed by atoms with Gasteiger partial charge in [-0.3, -0.25) is 0 Å². The Bertz CT molecular complexity index is 366. The zero-order chi connectivity index (χ0) is 13.2. The summed E-state index contributed by atoms with van der Waals surface area (Å²) in [6.07, 6.45) is 7.03. The van der Waals surface area contributed by atoms with Crippen molar-refractivity contribution in [2.45, 2.75) is 63.6 Å². The molecule has 18 heavy (non-hydrogen) atoms. The van der Waals surface area contributed by atoms with Crippen LogP contribution in [0.5, 0.6) is 0 Å². The molecule has 2 rings (SSSR count). The minimum absolute atomic E-state index is 0.270. The first-order valence-corrected chi connectivity index (χ1v) is 8.14. The molecule has 1 heteroatoms.